The number of amides is 1. The molecule has 1 aromatic heterocycles. The Kier molecular flexibility index (Phi) is 6.75. The molecular weight excluding hydrogens is 392 g/mol. The van der Waals surface area contributed by atoms with E-state index >= 15 is 0 Å². The van der Waals surface area contributed by atoms with Gasteiger partial charge in [0.15, 0.2) is 11.0 Å². The highest BCUT2D eigenvalue weighted by Crippen LogP contribution is 2.26. The Balaban J connectivity index is 1.73. The second-order valence-electron chi connectivity index (χ2n) is 7.02. The largest absolute Gasteiger partial charge is 0.325 e. The molecule has 0 unspecified atom stereocenters. The zero-order chi connectivity index (χ0) is 20.1. The number of thioether (sulfide) groups is 1. The van der Waals surface area contributed by atoms with E-state index in [0.29, 0.717) is 10.9 Å². The van der Waals surface area contributed by atoms with Gasteiger partial charge in [-0.25, -0.2) is 0 Å². The first-order chi connectivity index (χ1) is 13.4. The van der Waals surface area contributed by atoms with Crippen molar-refractivity contribution in [2.45, 2.75) is 32.5 Å². The first-order valence-electron chi connectivity index (χ1n) is 9.11. The minimum absolute atomic E-state index is 0.0685. The van der Waals surface area contributed by atoms with Gasteiger partial charge in [0.25, 0.3) is 0 Å². The van der Waals surface area contributed by atoms with Gasteiger partial charge in [-0.3, -0.25) is 4.79 Å². The molecule has 0 spiro atoms. The van der Waals surface area contributed by atoms with E-state index in [-0.39, 0.29) is 11.7 Å². The summed E-state index contributed by atoms with van der Waals surface area (Å²) in [6, 6.07) is 15.3. The number of hydrogen-bond acceptors (Lipinski definition) is 4. The molecule has 5 nitrogen and oxygen atoms in total. The van der Waals surface area contributed by atoms with Crippen LogP contribution in [0.15, 0.2) is 53.7 Å². The molecule has 0 saturated carbocycles. The third-order valence-corrected chi connectivity index (χ3v) is 5.25. The van der Waals surface area contributed by atoms with Crippen LogP contribution in [0.4, 0.5) is 5.69 Å². The Morgan fingerprint density at radius 1 is 1.11 bits per heavy atom. The van der Waals surface area contributed by atoms with Crippen molar-refractivity contribution in [3.8, 4) is 11.4 Å². The van der Waals surface area contributed by atoms with E-state index in [2.05, 4.69) is 33.9 Å². The molecule has 1 heterocycles. The van der Waals surface area contributed by atoms with E-state index in [0.717, 1.165) is 34.3 Å². The maximum atomic E-state index is 12.3. The quantitative estimate of drug-likeness (QED) is 0.533. The van der Waals surface area contributed by atoms with E-state index in [1.807, 2.05) is 55.5 Å². The van der Waals surface area contributed by atoms with E-state index in [1.165, 1.54) is 11.8 Å². The summed E-state index contributed by atoms with van der Waals surface area (Å²) in [6.07, 6.45) is 0. The Labute approximate surface area is 174 Å². The lowest BCUT2D eigenvalue weighted by molar-refractivity contribution is -0.113. The lowest BCUT2D eigenvalue weighted by atomic mass is 10.2. The van der Waals surface area contributed by atoms with Gasteiger partial charge in [-0.15, -0.1) is 10.2 Å². The number of rotatable bonds is 7. The summed E-state index contributed by atoms with van der Waals surface area (Å²) in [6.45, 7) is 7.07. The predicted octanol–water partition coefficient (Wildman–Crippen LogP) is 5.29. The number of hydrogen-bond donors (Lipinski definition) is 1. The lowest BCUT2D eigenvalue weighted by Crippen LogP contribution is -2.15. The number of aromatic nitrogens is 3. The maximum absolute atomic E-state index is 12.3. The predicted molar refractivity (Wildman–Crippen MR) is 116 cm³/mol. The Bertz CT molecular complexity index is 936. The summed E-state index contributed by atoms with van der Waals surface area (Å²) in [7, 11) is 0. The third-order valence-electron chi connectivity index (χ3n) is 4.03. The lowest BCUT2D eigenvalue weighted by Gasteiger charge is -2.12. The number of anilines is 1. The van der Waals surface area contributed by atoms with Crippen LogP contribution in [0.1, 0.15) is 19.4 Å². The Hall–Kier alpha value is -2.31. The first kappa shape index (κ1) is 20.4. The van der Waals surface area contributed by atoms with Crippen LogP contribution in [-0.4, -0.2) is 26.4 Å². The highest BCUT2D eigenvalue weighted by atomic mass is 35.5. The van der Waals surface area contributed by atoms with Crippen LogP contribution in [0.25, 0.3) is 11.4 Å². The van der Waals surface area contributed by atoms with Crippen LogP contribution in [0.5, 0.6) is 0 Å². The van der Waals surface area contributed by atoms with Crippen molar-refractivity contribution >= 4 is 35.0 Å². The van der Waals surface area contributed by atoms with E-state index in [1.54, 1.807) is 0 Å². The molecule has 0 radical (unpaired) electrons. The van der Waals surface area contributed by atoms with Crippen molar-refractivity contribution in [3.05, 3.63) is 59.1 Å². The molecule has 0 fully saturated rings. The summed E-state index contributed by atoms with van der Waals surface area (Å²) >= 11 is 7.39. The molecule has 0 saturated heterocycles. The number of carbonyl (C=O) groups is 1. The molecule has 146 valence electrons. The summed E-state index contributed by atoms with van der Waals surface area (Å²) < 4.78 is 2.07. The molecule has 1 amide bonds. The molecule has 7 heteroatoms. The number of benzene rings is 2. The molecule has 0 aliphatic heterocycles. The summed E-state index contributed by atoms with van der Waals surface area (Å²) in [5, 5.41) is 13.0. The van der Waals surface area contributed by atoms with Gasteiger partial charge in [0.05, 0.1) is 5.75 Å². The minimum atomic E-state index is -0.0685. The topological polar surface area (TPSA) is 59.8 Å². The molecule has 0 aliphatic rings. The fourth-order valence-corrected chi connectivity index (χ4v) is 3.58. The van der Waals surface area contributed by atoms with Crippen LogP contribution in [-0.2, 0) is 11.3 Å². The average Bonchev–Trinajstić information content (AvgIpc) is 3.04. The molecular formula is C21H23ClN4OS. The smallest absolute Gasteiger partial charge is 0.234 e. The molecule has 0 atom stereocenters. The van der Waals surface area contributed by atoms with Gasteiger partial charge in [-0.05, 0) is 49.2 Å². The fourth-order valence-electron chi connectivity index (χ4n) is 2.70. The zero-order valence-electron chi connectivity index (χ0n) is 16.1. The summed E-state index contributed by atoms with van der Waals surface area (Å²) in [5.41, 5.74) is 2.90. The molecule has 0 bridgehead atoms. The van der Waals surface area contributed by atoms with Gasteiger partial charge in [0, 0.05) is 22.8 Å². The van der Waals surface area contributed by atoms with Crippen molar-refractivity contribution in [1.29, 1.82) is 0 Å². The second-order valence-corrected chi connectivity index (χ2v) is 8.40. The Morgan fingerprint density at radius 3 is 2.43 bits per heavy atom. The van der Waals surface area contributed by atoms with Crippen molar-refractivity contribution < 1.29 is 4.79 Å². The highest BCUT2D eigenvalue weighted by Gasteiger charge is 2.16. The van der Waals surface area contributed by atoms with Gasteiger partial charge >= 0.3 is 0 Å². The first-order valence-corrected chi connectivity index (χ1v) is 10.5. The average molecular weight is 415 g/mol. The number of nitrogens with one attached hydrogen (secondary N) is 1. The normalized spacial score (nSPS) is 11.0. The Morgan fingerprint density at radius 2 is 1.79 bits per heavy atom. The van der Waals surface area contributed by atoms with Crippen LogP contribution in [0.2, 0.25) is 5.02 Å². The van der Waals surface area contributed by atoms with Crippen molar-refractivity contribution in [2.75, 3.05) is 11.1 Å². The molecule has 2 aromatic carbocycles. The van der Waals surface area contributed by atoms with Crippen molar-refractivity contribution in [3.63, 3.8) is 0 Å². The number of carbonyl (C=O) groups excluding carboxylic acids is 1. The molecule has 3 aromatic rings. The number of aryl methyl sites for hydroxylation is 1. The SMILES string of the molecule is Cc1ccc(NC(=O)CSc2nnc(-c3ccc(Cl)cc3)n2CC(C)C)cc1. The third kappa shape index (κ3) is 5.36. The van der Waals surface area contributed by atoms with Crippen LogP contribution >= 0.6 is 23.4 Å². The van der Waals surface area contributed by atoms with Crippen molar-refractivity contribution in [2.24, 2.45) is 5.92 Å². The minimum Gasteiger partial charge on any atom is -0.325 e. The molecule has 1 N–H and O–H groups in total. The standard InChI is InChI=1S/C21H23ClN4OS/c1-14(2)12-26-20(16-6-8-17(22)9-7-16)24-25-21(26)28-13-19(27)23-18-10-4-15(3)5-11-18/h4-11,14H,12-13H2,1-3H3,(H,23,27). The molecule has 28 heavy (non-hydrogen) atoms. The zero-order valence-corrected chi connectivity index (χ0v) is 17.7. The molecule has 0 aliphatic carbocycles. The fraction of sp³-hybridized carbons (Fsp3) is 0.286. The highest BCUT2D eigenvalue weighted by molar-refractivity contribution is 7.99. The van der Waals surface area contributed by atoms with Crippen LogP contribution in [0, 0.1) is 12.8 Å². The van der Waals surface area contributed by atoms with Gasteiger partial charge in [-0.2, -0.15) is 0 Å². The van der Waals surface area contributed by atoms with E-state index in [4.69, 9.17) is 11.6 Å². The van der Waals surface area contributed by atoms with Gasteiger partial charge in [-0.1, -0.05) is 54.9 Å². The number of halogens is 1. The van der Waals surface area contributed by atoms with Crippen molar-refractivity contribution in [1.82, 2.24) is 14.8 Å². The molecule has 3 rings (SSSR count). The van der Waals surface area contributed by atoms with E-state index < -0.39 is 0 Å². The van der Waals surface area contributed by atoms with Gasteiger partial charge in [0.2, 0.25) is 5.91 Å². The van der Waals surface area contributed by atoms with Crippen LogP contribution < -0.4 is 5.32 Å². The summed E-state index contributed by atoms with van der Waals surface area (Å²) in [4.78, 5) is 12.3. The maximum Gasteiger partial charge on any atom is 0.234 e. The second kappa shape index (κ2) is 9.26. The van der Waals surface area contributed by atoms with Gasteiger partial charge in [0.1, 0.15) is 0 Å². The van der Waals surface area contributed by atoms with E-state index in [9.17, 15) is 4.79 Å². The monoisotopic (exact) mass is 414 g/mol. The van der Waals surface area contributed by atoms with Crippen LogP contribution in [0.3, 0.4) is 0 Å². The van der Waals surface area contributed by atoms with Gasteiger partial charge < -0.3 is 9.88 Å². The summed E-state index contributed by atoms with van der Waals surface area (Å²) in [5.74, 6) is 1.40. The number of nitrogens with zero attached hydrogens (tertiary/aromatic N) is 3.